The molecule has 0 amide bonds. The minimum atomic E-state index is -0.164. The molecular formula is C16H13N3O. The van der Waals surface area contributed by atoms with Crippen molar-refractivity contribution in [2.75, 3.05) is 0 Å². The number of rotatable bonds is 2. The average Bonchev–Trinajstić information content (AvgIpc) is 2.48. The Bertz CT molecular complexity index is 777. The summed E-state index contributed by atoms with van der Waals surface area (Å²) in [6.07, 6.45) is 3.37. The van der Waals surface area contributed by atoms with E-state index in [9.17, 15) is 4.79 Å². The molecule has 0 aliphatic rings. The van der Waals surface area contributed by atoms with Crippen LogP contribution in [0.2, 0.25) is 0 Å². The first kappa shape index (κ1) is 12.3. The second kappa shape index (κ2) is 5.09. The number of H-pyrrole nitrogens is 1. The van der Waals surface area contributed by atoms with Gasteiger partial charge in [0.05, 0.1) is 5.69 Å². The van der Waals surface area contributed by atoms with Crippen molar-refractivity contribution in [1.29, 1.82) is 0 Å². The van der Waals surface area contributed by atoms with Gasteiger partial charge in [-0.2, -0.15) is 0 Å². The molecule has 0 unspecified atom stereocenters. The molecule has 98 valence electrons. The topological polar surface area (TPSA) is 58.6 Å². The maximum atomic E-state index is 11.8. The van der Waals surface area contributed by atoms with E-state index in [4.69, 9.17) is 0 Å². The molecule has 0 bridgehead atoms. The molecule has 2 heterocycles. The molecule has 0 saturated heterocycles. The molecule has 3 aromatic rings. The molecule has 1 N–H and O–H groups in total. The van der Waals surface area contributed by atoms with E-state index in [1.54, 1.807) is 12.4 Å². The van der Waals surface area contributed by atoms with Crippen molar-refractivity contribution >= 4 is 0 Å². The number of hydrogen-bond acceptors (Lipinski definition) is 3. The second-order valence-corrected chi connectivity index (χ2v) is 4.58. The number of nitrogens with one attached hydrogen (secondary N) is 1. The quantitative estimate of drug-likeness (QED) is 0.773. The van der Waals surface area contributed by atoms with Crippen molar-refractivity contribution in [2.24, 2.45) is 0 Å². The molecule has 2 aromatic heterocycles. The average molecular weight is 263 g/mol. The van der Waals surface area contributed by atoms with Gasteiger partial charge in [-0.15, -0.1) is 0 Å². The summed E-state index contributed by atoms with van der Waals surface area (Å²) in [5, 5.41) is 0. The Morgan fingerprint density at radius 2 is 1.65 bits per heavy atom. The van der Waals surface area contributed by atoms with Crippen molar-refractivity contribution in [1.82, 2.24) is 15.0 Å². The third-order valence-electron chi connectivity index (χ3n) is 3.04. The fourth-order valence-electron chi connectivity index (χ4n) is 1.98. The van der Waals surface area contributed by atoms with Gasteiger partial charge in [0, 0.05) is 29.6 Å². The van der Waals surface area contributed by atoms with Crippen molar-refractivity contribution < 1.29 is 0 Å². The van der Waals surface area contributed by atoms with Gasteiger partial charge in [0.15, 0.2) is 0 Å². The minimum absolute atomic E-state index is 0.164. The fourth-order valence-corrected chi connectivity index (χ4v) is 1.98. The van der Waals surface area contributed by atoms with Gasteiger partial charge in [0.25, 0.3) is 5.56 Å². The normalized spacial score (nSPS) is 10.4. The number of aryl methyl sites for hydroxylation is 1. The Balaban J connectivity index is 2.12. The van der Waals surface area contributed by atoms with Crippen LogP contribution in [0.1, 0.15) is 5.56 Å². The largest absolute Gasteiger partial charge is 0.306 e. The molecule has 4 nitrogen and oxygen atoms in total. The van der Waals surface area contributed by atoms with Crippen LogP contribution in [0.5, 0.6) is 0 Å². The van der Waals surface area contributed by atoms with Gasteiger partial charge in [-0.25, -0.2) is 4.98 Å². The minimum Gasteiger partial charge on any atom is -0.306 e. The highest BCUT2D eigenvalue weighted by Gasteiger charge is 2.05. The summed E-state index contributed by atoms with van der Waals surface area (Å²) in [6.45, 7) is 2.02. The summed E-state index contributed by atoms with van der Waals surface area (Å²) in [7, 11) is 0. The van der Waals surface area contributed by atoms with Crippen LogP contribution in [0, 0.1) is 6.92 Å². The highest BCUT2D eigenvalue weighted by Crippen LogP contribution is 2.19. The van der Waals surface area contributed by atoms with E-state index in [1.165, 1.54) is 11.6 Å². The first-order chi connectivity index (χ1) is 9.72. The van der Waals surface area contributed by atoms with Crippen LogP contribution in [-0.2, 0) is 0 Å². The van der Waals surface area contributed by atoms with Gasteiger partial charge < -0.3 is 4.98 Å². The molecular weight excluding hydrogens is 250 g/mol. The molecule has 4 heteroatoms. The highest BCUT2D eigenvalue weighted by molar-refractivity contribution is 5.62. The van der Waals surface area contributed by atoms with Gasteiger partial charge in [0.1, 0.15) is 5.82 Å². The van der Waals surface area contributed by atoms with Crippen LogP contribution in [0.4, 0.5) is 0 Å². The number of benzene rings is 1. The lowest BCUT2D eigenvalue weighted by Crippen LogP contribution is -2.08. The molecule has 0 spiro atoms. The van der Waals surface area contributed by atoms with E-state index in [-0.39, 0.29) is 5.56 Å². The third kappa shape index (κ3) is 2.49. The van der Waals surface area contributed by atoms with E-state index in [1.807, 2.05) is 43.3 Å². The van der Waals surface area contributed by atoms with Crippen LogP contribution in [-0.4, -0.2) is 15.0 Å². The zero-order valence-corrected chi connectivity index (χ0v) is 11.0. The summed E-state index contributed by atoms with van der Waals surface area (Å²) in [5.41, 5.74) is 3.42. The van der Waals surface area contributed by atoms with Crippen LogP contribution < -0.4 is 5.56 Å². The lowest BCUT2D eigenvalue weighted by Gasteiger charge is -2.05. The molecule has 0 atom stereocenters. The first-order valence-corrected chi connectivity index (χ1v) is 6.31. The molecule has 1 aromatic carbocycles. The van der Waals surface area contributed by atoms with E-state index in [0.29, 0.717) is 11.5 Å². The lowest BCUT2D eigenvalue weighted by atomic mass is 10.1. The van der Waals surface area contributed by atoms with Gasteiger partial charge in [-0.3, -0.25) is 9.78 Å². The fraction of sp³-hybridized carbons (Fsp3) is 0.0625. The van der Waals surface area contributed by atoms with Crippen molar-refractivity contribution in [2.45, 2.75) is 6.92 Å². The molecule has 0 saturated carbocycles. The van der Waals surface area contributed by atoms with Crippen LogP contribution >= 0.6 is 0 Å². The van der Waals surface area contributed by atoms with E-state index >= 15 is 0 Å². The van der Waals surface area contributed by atoms with E-state index < -0.39 is 0 Å². The van der Waals surface area contributed by atoms with E-state index in [0.717, 1.165) is 11.1 Å². The lowest BCUT2D eigenvalue weighted by molar-refractivity contribution is 1.13. The smallest absolute Gasteiger partial charge is 0.251 e. The Labute approximate surface area is 116 Å². The molecule has 3 rings (SSSR count). The zero-order valence-electron chi connectivity index (χ0n) is 11.0. The van der Waals surface area contributed by atoms with Crippen LogP contribution in [0.3, 0.4) is 0 Å². The molecule has 0 fully saturated rings. The van der Waals surface area contributed by atoms with E-state index in [2.05, 4.69) is 15.0 Å². The van der Waals surface area contributed by atoms with Gasteiger partial charge in [0.2, 0.25) is 0 Å². The van der Waals surface area contributed by atoms with Gasteiger partial charge >= 0.3 is 0 Å². The monoisotopic (exact) mass is 263 g/mol. The number of nitrogens with zero attached hydrogens (tertiary/aromatic N) is 2. The molecule has 0 radical (unpaired) electrons. The predicted octanol–water partition coefficient (Wildman–Crippen LogP) is 2.81. The van der Waals surface area contributed by atoms with Crippen molar-refractivity contribution in [3.63, 3.8) is 0 Å². The molecule has 20 heavy (non-hydrogen) atoms. The SMILES string of the molecule is Cc1ccc(-c2nc(-c3ccncc3)cc(=O)[nH]2)cc1. The Morgan fingerprint density at radius 1 is 0.950 bits per heavy atom. The Morgan fingerprint density at radius 3 is 2.35 bits per heavy atom. The summed E-state index contributed by atoms with van der Waals surface area (Å²) in [4.78, 5) is 23.1. The standard InChI is InChI=1S/C16H13N3O/c1-11-2-4-13(5-3-11)16-18-14(10-15(20)19-16)12-6-8-17-9-7-12/h2-10H,1H3,(H,18,19,20). The number of aromatic amines is 1. The zero-order chi connectivity index (χ0) is 13.9. The highest BCUT2D eigenvalue weighted by atomic mass is 16.1. The summed E-state index contributed by atoms with van der Waals surface area (Å²) >= 11 is 0. The predicted molar refractivity (Wildman–Crippen MR) is 78.3 cm³/mol. The molecule has 0 aliphatic heterocycles. The third-order valence-corrected chi connectivity index (χ3v) is 3.04. The molecule has 0 aliphatic carbocycles. The summed E-state index contributed by atoms with van der Waals surface area (Å²) in [6, 6.07) is 13.0. The maximum Gasteiger partial charge on any atom is 0.251 e. The Hall–Kier alpha value is -2.75. The number of pyridine rings is 1. The number of aromatic nitrogens is 3. The first-order valence-electron chi connectivity index (χ1n) is 6.31. The van der Waals surface area contributed by atoms with Crippen LogP contribution in [0.25, 0.3) is 22.6 Å². The Kier molecular flexibility index (Phi) is 3.13. The van der Waals surface area contributed by atoms with Gasteiger partial charge in [-0.05, 0) is 19.1 Å². The van der Waals surface area contributed by atoms with Crippen molar-refractivity contribution in [3.8, 4) is 22.6 Å². The summed E-state index contributed by atoms with van der Waals surface area (Å²) < 4.78 is 0. The van der Waals surface area contributed by atoms with Crippen molar-refractivity contribution in [3.05, 3.63) is 70.8 Å². The maximum absolute atomic E-state index is 11.8. The second-order valence-electron chi connectivity index (χ2n) is 4.58. The van der Waals surface area contributed by atoms with Gasteiger partial charge in [-0.1, -0.05) is 29.8 Å². The number of hydrogen-bond donors (Lipinski definition) is 1. The summed E-state index contributed by atoms with van der Waals surface area (Å²) in [5.74, 6) is 0.573. The van der Waals surface area contributed by atoms with Crippen LogP contribution in [0.15, 0.2) is 59.7 Å².